The van der Waals surface area contributed by atoms with E-state index in [9.17, 15) is 9.50 Å². The van der Waals surface area contributed by atoms with Gasteiger partial charge in [0.15, 0.2) is 11.5 Å². The Labute approximate surface area is 86.2 Å². The van der Waals surface area contributed by atoms with Crippen molar-refractivity contribution in [3.63, 3.8) is 0 Å². The van der Waals surface area contributed by atoms with Crippen LogP contribution in [0.3, 0.4) is 0 Å². The van der Waals surface area contributed by atoms with Gasteiger partial charge in [0.2, 0.25) is 0 Å². The minimum atomic E-state index is -0.673. The summed E-state index contributed by atoms with van der Waals surface area (Å²) in [5.74, 6) is -0.756. The first kappa shape index (κ1) is 11.1. The van der Waals surface area contributed by atoms with Crippen molar-refractivity contribution in [3.05, 3.63) is 22.5 Å². The van der Waals surface area contributed by atoms with Crippen molar-refractivity contribution in [1.29, 1.82) is 0 Å². The Morgan fingerprint density at radius 3 is 2.79 bits per heavy atom. The van der Waals surface area contributed by atoms with E-state index in [4.69, 9.17) is 22.1 Å². The summed E-state index contributed by atoms with van der Waals surface area (Å²) in [4.78, 5) is 0. The lowest BCUT2D eigenvalue weighted by atomic mass is 10.1. The molecular formula is C9H11ClFNO2. The number of hydrogen-bond donors (Lipinski definition) is 2. The van der Waals surface area contributed by atoms with E-state index >= 15 is 0 Å². The van der Waals surface area contributed by atoms with E-state index in [1.165, 1.54) is 7.11 Å². The predicted molar refractivity (Wildman–Crippen MR) is 52.4 cm³/mol. The van der Waals surface area contributed by atoms with Crippen LogP contribution in [0, 0.1) is 5.82 Å². The third-order valence-corrected chi connectivity index (χ3v) is 2.25. The molecule has 3 nitrogen and oxygen atoms in total. The minimum Gasteiger partial charge on any atom is -0.504 e. The van der Waals surface area contributed by atoms with Gasteiger partial charge in [-0.15, -0.1) is 0 Å². The molecular weight excluding hydrogens is 209 g/mol. The second kappa shape index (κ2) is 4.48. The van der Waals surface area contributed by atoms with E-state index in [0.29, 0.717) is 18.5 Å². The molecule has 0 bridgehead atoms. The quantitative estimate of drug-likeness (QED) is 0.814. The van der Waals surface area contributed by atoms with E-state index in [1.807, 2.05) is 0 Å². The number of hydrogen-bond acceptors (Lipinski definition) is 3. The van der Waals surface area contributed by atoms with Gasteiger partial charge in [-0.25, -0.2) is 4.39 Å². The predicted octanol–water partition coefficient (Wildman–Crippen LogP) is 1.69. The lowest BCUT2D eigenvalue weighted by molar-refractivity contribution is 0.366. The molecule has 0 unspecified atom stereocenters. The number of nitrogens with two attached hydrogens (primary N) is 1. The van der Waals surface area contributed by atoms with Crippen molar-refractivity contribution in [2.75, 3.05) is 13.7 Å². The van der Waals surface area contributed by atoms with Crippen molar-refractivity contribution in [3.8, 4) is 11.5 Å². The summed E-state index contributed by atoms with van der Waals surface area (Å²) in [7, 11) is 1.38. The van der Waals surface area contributed by atoms with Crippen LogP contribution >= 0.6 is 11.6 Å². The van der Waals surface area contributed by atoms with Crippen LogP contribution in [0.25, 0.3) is 0 Å². The highest BCUT2D eigenvalue weighted by Gasteiger charge is 2.16. The molecule has 0 aliphatic rings. The third-order valence-electron chi connectivity index (χ3n) is 1.84. The Morgan fingerprint density at radius 1 is 1.64 bits per heavy atom. The van der Waals surface area contributed by atoms with Gasteiger partial charge in [0.1, 0.15) is 5.82 Å². The molecule has 0 aliphatic carbocycles. The molecule has 0 fully saturated rings. The Bertz CT molecular complexity index is 344. The van der Waals surface area contributed by atoms with Gasteiger partial charge in [-0.05, 0) is 13.0 Å². The smallest absolute Gasteiger partial charge is 0.165 e. The first-order valence-corrected chi connectivity index (χ1v) is 4.43. The molecule has 78 valence electrons. The van der Waals surface area contributed by atoms with Gasteiger partial charge >= 0.3 is 0 Å². The summed E-state index contributed by atoms with van der Waals surface area (Å²) in [5.41, 5.74) is 5.73. The fourth-order valence-electron chi connectivity index (χ4n) is 1.24. The summed E-state index contributed by atoms with van der Waals surface area (Å²) in [6, 6.07) is 0.918. The van der Waals surface area contributed by atoms with E-state index in [1.54, 1.807) is 0 Å². The molecule has 14 heavy (non-hydrogen) atoms. The number of phenols is 1. The standard InChI is InChI=1S/C9H11ClFNO2/c1-14-9-5(2-3-12)8(10)6(11)4-7(9)13/h4,13H,2-3,12H2,1H3. The summed E-state index contributed by atoms with van der Waals surface area (Å²) in [6.07, 6.45) is 0.354. The van der Waals surface area contributed by atoms with Crippen LogP contribution < -0.4 is 10.5 Å². The number of phenolic OH excluding ortho intramolecular Hbond substituents is 1. The second-order valence-electron chi connectivity index (χ2n) is 2.74. The largest absolute Gasteiger partial charge is 0.504 e. The van der Waals surface area contributed by atoms with E-state index in [2.05, 4.69) is 0 Å². The molecule has 0 spiro atoms. The summed E-state index contributed by atoms with van der Waals surface area (Å²) in [5, 5.41) is 9.31. The molecule has 1 aromatic carbocycles. The minimum absolute atomic E-state index is 0.0508. The maximum atomic E-state index is 13.1. The number of halogens is 2. The maximum Gasteiger partial charge on any atom is 0.165 e. The Hall–Kier alpha value is -1.00. The number of rotatable bonds is 3. The molecule has 5 heteroatoms. The van der Waals surface area contributed by atoms with Gasteiger partial charge in [0, 0.05) is 11.6 Å². The first-order valence-electron chi connectivity index (χ1n) is 4.05. The van der Waals surface area contributed by atoms with Crippen molar-refractivity contribution >= 4 is 11.6 Å². The highest BCUT2D eigenvalue weighted by molar-refractivity contribution is 6.31. The van der Waals surface area contributed by atoms with Crippen LogP contribution in [-0.2, 0) is 6.42 Å². The highest BCUT2D eigenvalue weighted by atomic mass is 35.5. The van der Waals surface area contributed by atoms with E-state index < -0.39 is 5.82 Å². The highest BCUT2D eigenvalue weighted by Crippen LogP contribution is 2.37. The van der Waals surface area contributed by atoms with Gasteiger partial charge in [0.05, 0.1) is 12.1 Å². The van der Waals surface area contributed by atoms with Crippen molar-refractivity contribution in [1.82, 2.24) is 0 Å². The summed E-state index contributed by atoms with van der Waals surface area (Å²) >= 11 is 5.71. The molecule has 0 aromatic heterocycles. The van der Waals surface area contributed by atoms with Crippen molar-refractivity contribution in [2.45, 2.75) is 6.42 Å². The van der Waals surface area contributed by atoms with E-state index in [-0.39, 0.29) is 16.5 Å². The topological polar surface area (TPSA) is 55.5 Å². The molecule has 0 atom stereocenters. The average Bonchev–Trinajstić information content (AvgIpc) is 2.14. The van der Waals surface area contributed by atoms with Crippen LogP contribution in [0.2, 0.25) is 5.02 Å². The van der Waals surface area contributed by atoms with Crippen LogP contribution in [0.1, 0.15) is 5.56 Å². The summed E-state index contributed by atoms with van der Waals surface area (Å²) in [6.45, 7) is 0.305. The lowest BCUT2D eigenvalue weighted by Gasteiger charge is -2.11. The summed E-state index contributed by atoms with van der Waals surface area (Å²) < 4.78 is 18.0. The van der Waals surface area contributed by atoms with Crippen molar-refractivity contribution in [2.24, 2.45) is 5.73 Å². The molecule has 0 heterocycles. The van der Waals surface area contributed by atoms with Crippen LogP contribution in [0.4, 0.5) is 4.39 Å². The molecule has 3 N–H and O–H groups in total. The SMILES string of the molecule is COc1c(O)cc(F)c(Cl)c1CCN. The monoisotopic (exact) mass is 219 g/mol. The lowest BCUT2D eigenvalue weighted by Crippen LogP contribution is -2.06. The average molecular weight is 220 g/mol. The van der Waals surface area contributed by atoms with Gasteiger partial charge in [-0.2, -0.15) is 0 Å². The third kappa shape index (κ3) is 1.91. The molecule has 0 amide bonds. The zero-order valence-electron chi connectivity index (χ0n) is 7.68. The van der Waals surface area contributed by atoms with Gasteiger partial charge in [0.25, 0.3) is 0 Å². The van der Waals surface area contributed by atoms with Crippen LogP contribution in [0.15, 0.2) is 6.07 Å². The van der Waals surface area contributed by atoms with Crippen LogP contribution in [-0.4, -0.2) is 18.8 Å². The first-order chi connectivity index (χ1) is 6.61. The zero-order chi connectivity index (χ0) is 10.7. The van der Waals surface area contributed by atoms with Crippen LogP contribution in [0.5, 0.6) is 11.5 Å². The van der Waals surface area contributed by atoms with Crippen molar-refractivity contribution < 1.29 is 14.2 Å². The fourth-order valence-corrected chi connectivity index (χ4v) is 1.48. The Balaban J connectivity index is 3.32. The zero-order valence-corrected chi connectivity index (χ0v) is 8.44. The molecule has 1 aromatic rings. The number of methoxy groups -OCH3 is 1. The molecule has 0 saturated heterocycles. The molecule has 0 aliphatic heterocycles. The Kier molecular flexibility index (Phi) is 3.55. The Morgan fingerprint density at radius 2 is 2.29 bits per heavy atom. The van der Waals surface area contributed by atoms with Gasteiger partial charge in [-0.1, -0.05) is 11.6 Å². The number of benzene rings is 1. The number of aromatic hydroxyl groups is 1. The normalized spacial score (nSPS) is 10.3. The fraction of sp³-hybridized carbons (Fsp3) is 0.333. The van der Waals surface area contributed by atoms with Gasteiger partial charge < -0.3 is 15.6 Å². The maximum absolute atomic E-state index is 13.1. The second-order valence-corrected chi connectivity index (χ2v) is 3.12. The van der Waals surface area contributed by atoms with Gasteiger partial charge in [-0.3, -0.25) is 0 Å². The number of ether oxygens (including phenoxy) is 1. The van der Waals surface area contributed by atoms with E-state index in [0.717, 1.165) is 6.07 Å². The molecule has 0 saturated carbocycles. The molecule has 1 rings (SSSR count). The molecule has 0 radical (unpaired) electrons.